The highest BCUT2D eigenvalue weighted by Crippen LogP contribution is 2.33. The van der Waals surface area contributed by atoms with Crippen LogP contribution in [-0.2, 0) is 0 Å². The molecule has 4 aromatic rings. The van der Waals surface area contributed by atoms with Crippen molar-refractivity contribution in [2.75, 3.05) is 17.3 Å². The second-order valence-corrected chi connectivity index (χ2v) is 8.29. The van der Waals surface area contributed by atoms with E-state index in [4.69, 9.17) is 22.4 Å². The summed E-state index contributed by atoms with van der Waals surface area (Å²) in [7, 11) is 0. The molecule has 168 valence electrons. The third-order valence-corrected chi connectivity index (χ3v) is 5.58. The lowest BCUT2D eigenvalue weighted by molar-refractivity contribution is 0.102. The van der Waals surface area contributed by atoms with E-state index in [0.29, 0.717) is 28.9 Å². The molecule has 1 aromatic carbocycles. The van der Waals surface area contributed by atoms with Crippen molar-refractivity contribution in [3.8, 4) is 11.3 Å². The Kier molecular flexibility index (Phi) is 5.01. The first-order valence-corrected chi connectivity index (χ1v) is 10.6. The van der Waals surface area contributed by atoms with Crippen LogP contribution in [-0.4, -0.2) is 37.6 Å². The topological polar surface area (TPSA) is 115 Å². The zero-order chi connectivity index (χ0) is 23.3. The zero-order valence-electron chi connectivity index (χ0n) is 17.8. The Morgan fingerprint density at radius 1 is 1.30 bits per heavy atom. The van der Waals surface area contributed by atoms with Crippen LogP contribution in [0.4, 0.5) is 15.9 Å². The van der Waals surface area contributed by atoms with Crippen LogP contribution in [0.2, 0.25) is 5.02 Å². The van der Waals surface area contributed by atoms with Gasteiger partial charge in [0.15, 0.2) is 0 Å². The Morgan fingerprint density at radius 2 is 2.12 bits per heavy atom. The van der Waals surface area contributed by atoms with Gasteiger partial charge >= 0.3 is 0 Å². The van der Waals surface area contributed by atoms with E-state index in [2.05, 4.69) is 20.6 Å². The average molecular weight is 467 g/mol. The Hall–Kier alpha value is -3.92. The van der Waals surface area contributed by atoms with Crippen molar-refractivity contribution < 1.29 is 9.18 Å². The molecule has 0 radical (unpaired) electrons. The number of anilines is 2. The molecule has 0 unspecified atom stereocenters. The Labute approximate surface area is 193 Å². The van der Waals surface area contributed by atoms with Gasteiger partial charge in [-0.1, -0.05) is 11.6 Å². The number of amides is 1. The summed E-state index contributed by atoms with van der Waals surface area (Å²) in [4.78, 5) is 21.4. The maximum Gasteiger partial charge on any atom is 0.274 e. The van der Waals surface area contributed by atoms with Crippen LogP contribution in [0.5, 0.6) is 0 Å². The number of carbonyl (C=O) groups excluding carboxylic acids is 1. The standard InChI is InChI=1S/C22H20ClFN8O/c1-11(2)32-21-18(20(25)27-10-28-21)19(30-32)12-5-6-31-16(9-26-17(31)7-12)22(33)29-15-8-13(23)3-4-14(15)24/h3-9,11,28H,10H2,1-2H3,(H2,25,27)(H,29,33). The molecule has 0 atom stereocenters. The van der Waals surface area contributed by atoms with Crippen molar-refractivity contribution in [2.24, 2.45) is 10.7 Å². The minimum atomic E-state index is -0.581. The van der Waals surface area contributed by atoms with Crippen molar-refractivity contribution in [2.45, 2.75) is 19.9 Å². The van der Waals surface area contributed by atoms with Gasteiger partial charge in [0.05, 0.1) is 17.4 Å². The first-order chi connectivity index (χ1) is 15.8. The highest BCUT2D eigenvalue weighted by molar-refractivity contribution is 6.31. The molecule has 4 N–H and O–H groups in total. The summed E-state index contributed by atoms with van der Waals surface area (Å²) in [6.45, 7) is 4.46. The number of nitrogens with one attached hydrogen (secondary N) is 2. The van der Waals surface area contributed by atoms with Crippen molar-refractivity contribution in [1.82, 2.24) is 19.2 Å². The number of nitrogens with two attached hydrogens (primary N) is 1. The molecule has 0 saturated heterocycles. The normalized spacial score (nSPS) is 13.1. The lowest BCUT2D eigenvalue weighted by atomic mass is 10.1. The van der Waals surface area contributed by atoms with Crippen molar-refractivity contribution >= 4 is 40.5 Å². The number of halogens is 2. The lowest BCUT2D eigenvalue weighted by Gasteiger charge is -2.16. The van der Waals surface area contributed by atoms with Crippen LogP contribution in [0, 0.1) is 5.82 Å². The SMILES string of the molecule is CC(C)n1nc(-c2ccn3c(C(=O)Nc4cc(Cl)ccc4F)cnc3c2)c2c1NCN=C2N. The van der Waals surface area contributed by atoms with Gasteiger partial charge in [0.2, 0.25) is 0 Å². The van der Waals surface area contributed by atoms with E-state index in [1.54, 1.807) is 10.6 Å². The number of fused-ring (bicyclic) bond motifs is 2. The molecular weight excluding hydrogens is 447 g/mol. The molecule has 0 fully saturated rings. The fourth-order valence-electron chi connectivity index (χ4n) is 3.78. The van der Waals surface area contributed by atoms with Crippen molar-refractivity contribution in [3.63, 3.8) is 0 Å². The number of hydrogen-bond donors (Lipinski definition) is 3. The molecule has 3 aromatic heterocycles. The van der Waals surface area contributed by atoms with Gasteiger partial charge in [0.25, 0.3) is 5.91 Å². The van der Waals surface area contributed by atoms with Gasteiger partial charge in [-0.2, -0.15) is 5.10 Å². The summed E-state index contributed by atoms with van der Waals surface area (Å²) in [6.07, 6.45) is 3.14. The summed E-state index contributed by atoms with van der Waals surface area (Å²) in [5.41, 5.74) is 9.14. The maximum atomic E-state index is 14.0. The number of aliphatic imine (C=N–C) groups is 1. The number of benzene rings is 1. The number of imidazole rings is 1. The molecule has 33 heavy (non-hydrogen) atoms. The second-order valence-electron chi connectivity index (χ2n) is 7.85. The summed E-state index contributed by atoms with van der Waals surface area (Å²) in [5, 5.41) is 10.9. The van der Waals surface area contributed by atoms with Crippen LogP contribution in [0.1, 0.15) is 35.9 Å². The fourth-order valence-corrected chi connectivity index (χ4v) is 3.95. The van der Waals surface area contributed by atoms with Crippen molar-refractivity contribution in [1.29, 1.82) is 0 Å². The molecule has 11 heteroatoms. The minimum Gasteiger partial charge on any atom is -0.383 e. The van der Waals surface area contributed by atoms with Gasteiger partial charge in [-0.3, -0.25) is 9.20 Å². The molecule has 4 heterocycles. The quantitative estimate of drug-likeness (QED) is 0.422. The van der Waals surface area contributed by atoms with Crippen molar-refractivity contribution in [3.05, 3.63) is 64.8 Å². The van der Waals surface area contributed by atoms with Crippen LogP contribution in [0.25, 0.3) is 16.9 Å². The number of amidine groups is 1. The van der Waals surface area contributed by atoms with Gasteiger partial charge in [0, 0.05) is 22.8 Å². The number of carbonyl (C=O) groups is 1. The Morgan fingerprint density at radius 3 is 2.91 bits per heavy atom. The van der Waals surface area contributed by atoms with Gasteiger partial charge in [0.1, 0.15) is 41.2 Å². The summed E-state index contributed by atoms with van der Waals surface area (Å²) < 4.78 is 17.5. The number of rotatable bonds is 4. The first kappa shape index (κ1) is 21.0. The van der Waals surface area contributed by atoms with E-state index >= 15 is 0 Å². The lowest BCUT2D eigenvalue weighted by Crippen LogP contribution is -2.23. The molecule has 0 saturated carbocycles. The molecule has 5 rings (SSSR count). The molecule has 1 aliphatic heterocycles. The van der Waals surface area contributed by atoms with E-state index in [0.717, 1.165) is 16.9 Å². The molecular formula is C22H20ClFN8O. The molecule has 0 aliphatic carbocycles. The molecule has 1 aliphatic rings. The average Bonchev–Trinajstić information content (AvgIpc) is 3.38. The number of nitrogens with zero attached hydrogens (tertiary/aromatic N) is 5. The number of hydrogen-bond acceptors (Lipinski definition) is 6. The number of pyridine rings is 1. The first-order valence-electron chi connectivity index (χ1n) is 10.2. The minimum absolute atomic E-state index is 0.00724. The summed E-state index contributed by atoms with van der Waals surface area (Å²) in [6, 6.07) is 7.70. The molecule has 9 nitrogen and oxygen atoms in total. The highest BCUT2D eigenvalue weighted by atomic mass is 35.5. The van der Waals surface area contributed by atoms with Gasteiger partial charge < -0.3 is 16.4 Å². The van der Waals surface area contributed by atoms with Crippen LogP contribution < -0.4 is 16.4 Å². The van der Waals surface area contributed by atoms with Gasteiger partial charge in [-0.15, -0.1) is 0 Å². The van der Waals surface area contributed by atoms with E-state index in [1.165, 1.54) is 24.4 Å². The molecule has 0 bridgehead atoms. The van der Waals surface area contributed by atoms with E-state index in [-0.39, 0.29) is 17.4 Å². The van der Waals surface area contributed by atoms with Crippen LogP contribution in [0.3, 0.4) is 0 Å². The van der Waals surface area contributed by atoms with Gasteiger partial charge in [-0.05, 0) is 44.2 Å². The Bertz CT molecular complexity index is 1440. The molecule has 1 amide bonds. The largest absolute Gasteiger partial charge is 0.383 e. The zero-order valence-corrected chi connectivity index (χ0v) is 18.6. The van der Waals surface area contributed by atoms with Crippen LogP contribution in [0.15, 0.2) is 47.7 Å². The fraction of sp³-hybridized carbons (Fsp3) is 0.182. The summed E-state index contributed by atoms with van der Waals surface area (Å²) in [5.74, 6) is 0.137. The highest BCUT2D eigenvalue weighted by Gasteiger charge is 2.26. The maximum absolute atomic E-state index is 14.0. The second kappa shape index (κ2) is 7.89. The van der Waals surface area contributed by atoms with E-state index < -0.39 is 11.7 Å². The number of aromatic nitrogens is 4. The summed E-state index contributed by atoms with van der Waals surface area (Å²) >= 11 is 5.91. The third-order valence-electron chi connectivity index (χ3n) is 5.35. The van der Waals surface area contributed by atoms with E-state index in [1.807, 2.05) is 30.7 Å². The van der Waals surface area contributed by atoms with E-state index in [9.17, 15) is 9.18 Å². The smallest absolute Gasteiger partial charge is 0.274 e. The Balaban J connectivity index is 1.53. The molecule has 0 spiro atoms. The monoisotopic (exact) mass is 466 g/mol. The third kappa shape index (κ3) is 3.58. The predicted octanol–water partition coefficient (Wildman–Crippen LogP) is 3.91. The predicted molar refractivity (Wildman–Crippen MR) is 125 cm³/mol. The van der Waals surface area contributed by atoms with Crippen LogP contribution >= 0.6 is 11.6 Å². The van der Waals surface area contributed by atoms with Gasteiger partial charge in [-0.25, -0.2) is 19.0 Å².